The topological polar surface area (TPSA) is 58.9 Å². The summed E-state index contributed by atoms with van der Waals surface area (Å²) in [5.41, 5.74) is 4.89. The van der Waals surface area contributed by atoms with Gasteiger partial charge in [-0.15, -0.1) is 0 Å². The van der Waals surface area contributed by atoms with Crippen molar-refractivity contribution < 1.29 is 19.7 Å². The van der Waals surface area contributed by atoms with Crippen LogP contribution >= 0.6 is 0 Å². The van der Waals surface area contributed by atoms with E-state index in [0.29, 0.717) is 13.2 Å². The Balaban J connectivity index is 1.89. The van der Waals surface area contributed by atoms with E-state index in [1.165, 1.54) is 17.5 Å². The third-order valence-corrected chi connectivity index (χ3v) is 5.36. The zero-order valence-electron chi connectivity index (χ0n) is 15.6. The third kappa shape index (κ3) is 3.57. The molecule has 4 nitrogen and oxygen atoms in total. The summed E-state index contributed by atoms with van der Waals surface area (Å²) in [5.74, 6) is 1.67. The number of aliphatic hydroxyl groups excluding tert-OH is 2. The highest BCUT2D eigenvalue weighted by Crippen LogP contribution is 2.50. The molecule has 140 valence electrons. The van der Waals surface area contributed by atoms with Gasteiger partial charge < -0.3 is 19.7 Å². The second-order valence-corrected chi connectivity index (χ2v) is 7.04. The van der Waals surface area contributed by atoms with Crippen LogP contribution in [0.4, 0.5) is 0 Å². The number of hydrogen-bond donors (Lipinski definition) is 2. The Bertz CT molecular complexity index is 690. The van der Waals surface area contributed by atoms with Crippen molar-refractivity contribution >= 4 is 0 Å². The fourth-order valence-corrected chi connectivity index (χ4v) is 3.80. The first-order valence-electron chi connectivity index (χ1n) is 9.30. The molecule has 0 aromatic heterocycles. The zero-order valence-corrected chi connectivity index (χ0v) is 15.6. The maximum Gasteiger partial charge on any atom is 0.122 e. The molecule has 0 saturated heterocycles. The lowest BCUT2D eigenvalue weighted by Gasteiger charge is -2.43. The Hall–Kier alpha value is -2.04. The van der Waals surface area contributed by atoms with E-state index in [9.17, 15) is 0 Å². The van der Waals surface area contributed by atoms with Crippen molar-refractivity contribution in [1.29, 1.82) is 0 Å². The van der Waals surface area contributed by atoms with Gasteiger partial charge in [0, 0.05) is 5.41 Å². The van der Waals surface area contributed by atoms with E-state index in [4.69, 9.17) is 19.7 Å². The number of benzene rings is 2. The minimum atomic E-state index is 0.0229. The molecule has 0 amide bonds. The second-order valence-electron chi connectivity index (χ2n) is 7.04. The zero-order chi connectivity index (χ0) is 18.6. The van der Waals surface area contributed by atoms with Crippen molar-refractivity contribution in [3.05, 3.63) is 58.7 Å². The summed E-state index contributed by atoms with van der Waals surface area (Å²) in [5, 5.41) is 17.9. The molecule has 1 aliphatic carbocycles. The van der Waals surface area contributed by atoms with Crippen molar-refractivity contribution in [2.45, 2.75) is 38.5 Å². The van der Waals surface area contributed by atoms with Crippen LogP contribution in [0.1, 0.15) is 41.5 Å². The summed E-state index contributed by atoms with van der Waals surface area (Å²) in [6.45, 7) is 4.79. The molecule has 0 atom stereocenters. The largest absolute Gasteiger partial charge is 0.491 e. The van der Waals surface area contributed by atoms with E-state index in [2.05, 4.69) is 38.1 Å². The van der Waals surface area contributed by atoms with Crippen LogP contribution < -0.4 is 9.47 Å². The lowest BCUT2D eigenvalue weighted by atomic mass is 9.60. The van der Waals surface area contributed by atoms with Gasteiger partial charge in [-0.2, -0.15) is 0 Å². The van der Waals surface area contributed by atoms with Gasteiger partial charge in [0.15, 0.2) is 0 Å². The first-order chi connectivity index (χ1) is 12.6. The minimum absolute atomic E-state index is 0.0229. The summed E-state index contributed by atoms with van der Waals surface area (Å²) in [6, 6.07) is 12.8. The maximum absolute atomic E-state index is 8.95. The van der Waals surface area contributed by atoms with Crippen LogP contribution in [0.3, 0.4) is 0 Å². The van der Waals surface area contributed by atoms with Crippen LogP contribution in [0.5, 0.6) is 11.5 Å². The molecule has 0 aliphatic heterocycles. The first kappa shape index (κ1) is 18.7. The fourth-order valence-electron chi connectivity index (χ4n) is 3.80. The molecule has 0 spiro atoms. The molecular formula is C22H28O4. The van der Waals surface area contributed by atoms with Gasteiger partial charge in [0.25, 0.3) is 0 Å². The SMILES string of the molecule is Cc1cc(C2(c3ccc(OCCO)c(C)c3)CCC2)ccc1OCCO. The summed E-state index contributed by atoms with van der Waals surface area (Å²) >= 11 is 0. The Kier molecular flexibility index (Phi) is 5.84. The van der Waals surface area contributed by atoms with Gasteiger partial charge in [0.2, 0.25) is 0 Å². The first-order valence-corrected chi connectivity index (χ1v) is 9.30. The van der Waals surface area contributed by atoms with E-state index < -0.39 is 0 Å². The van der Waals surface area contributed by atoms with Gasteiger partial charge in [0.05, 0.1) is 13.2 Å². The van der Waals surface area contributed by atoms with E-state index in [1.807, 2.05) is 12.1 Å². The van der Waals surface area contributed by atoms with Crippen LogP contribution in [-0.4, -0.2) is 36.6 Å². The molecular weight excluding hydrogens is 328 g/mol. The van der Waals surface area contributed by atoms with Gasteiger partial charge in [0.1, 0.15) is 24.7 Å². The standard InChI is InChI=1S/C22H28O4/c1-16-14-18(4-6-20(16)25-12-10-23)22(8-3-9-22)19-5-7-21(17(2)15-19)26-13-11-24/h4-7,14-15,23-24H,3,8-13H2,1-2H3. The molecule has 0 heterocycles. The Morgan fingerprint density at radius 1 is 0.808 bits per heavy atom. The molecule has 1 fully saturated rings. The van der Waals surface area contributed by atoms with Gasteiger partial charge >= 0.3 is 0 Å². The molecule has 0 radical (unpaired) electrons. The van der Waals surface area contributed by atoms with Gasteiger partial charge in [-0.25, -0.2) is 0 Å². The molecule has 3 rings (SSSR count). The fraction of sp³-hybridized carbons (Fsp3) is 0.455. The molecule has 0 unspecified atom stereocenters. The van der Waals surface area contributed by atoms with Crippen molar-refractivity contribution in [2.75, 3.05) is 26.4 Å². The van der Waals surface area contributed by atoms with Crippen molar-refractivity contribution in [2.24, 2.45) is 0 Å². The molecule has 4 heteroatoms. The molecule has 1 saturated carbocycles. The monoisotopic (exact) mass is 356 g/mol. The Morgan fingerprint density at radius 2 is 1.27 bits per heavy atom. The third-order valence-electron chi connectivity index (χ3n) is 5.36. The van der Waals surface area contributed by atoms with E-state index in [0.717, 1.165) is 35.5 Å². The van der Waals surface area contributed by atoms with E-state index in [1.54, 1.807) is 0 Å². The average Bonchev–Trinajstić information content (AvgIpc) is 2.59. The lowest BCUT2D eigenvalue weighted by Crippen LogP contribution is -2.35. The summed E-state index contributed by atoms with van der Waals surface area (Å²) in [6.07, 6.45) is 3.50. The summed E-state index contributed by atoms with van der Waals surface area (Å²) in [7, 11) is 0. The van der Waals surface area contributed by atoms with Crippen LogP contribution in [0, 0.1) is 13.8 Å². The maximum atomic E-state index is 8.95. The highest BCUT2D eigenvalue weighted by molar-refractivity contribution is 5.49. The number of ether oxygens (including phenoxy) is 2. The van der Waals surface area contributed by atoms with Crippen molar-refractivity contribution in [3.63, 3.8) is 0 Å². The van der Waals surface area contributed by atoms with Crippen LogP contribution in [0.2, 0.25) is 0 Å². The number of hydrogen-bond acceptors (Lipinski definition) is 4. The van der Waals surface area contributed by atoms with Crippen LogP contribution in [0.15, 0.2) is 36.4 Å². The molecule has 2 N–H and O–H groups in total. The smallest absolute Gasteiger partial charge is 0.122 e. The predicted molar refractivity (Wildman–Crippen MR) is 102 cm³/mol. The van der Waals surface area contributed by atoms with Crippen molar-refractivity contribution in [3.8, 4) is 11.5 Å². The molecule has 0 bridgehead atoms. The highest BCUT2D eigenvalue weighted by Gasteiger charge is 2.40. The Morgan fingerprint density at radius 3 is 1.58 bits per heavy atom. The van der Waals surface area contributed by atoms with Crippen LogP contribution in [0.25, 0.3) is 0 Å². The predicted octanol–water partition coefficient (Wildman–Crippen LogP) is 3.52. The highest BCUT2D eigenvalue weighted by atomic mass is 16.5. The van der Waals surface area contributed by atoms with Crippen LogP contribution in [-0.2, 0) is 5.41 Å². The molecule has 2 aromatic carbocycles. The summed E-state index contributed by atoms with van der Waals surface area (Å²) < 4.78 is 11.2. The van der Waals surface area contributed by atoms with E-state index in [-0.39, 0.29) is 18.6 Å². The number of rotatable bonds is 8. The molecule has 2 aromatic rings. The molecule has 26 heavy (non-hydrogen) atoms. The number of aliphatic hydroxyl groups is 2. The summed E-state index contributed by atoms with van der Waals surface area (Å²) in [4.78, 5) is 0. The van der Waals surface area contributed by atoms with Gasteiger partial charge in [-0.05, 0) is 61.1 Å². The van der Waals surface area contributed by atoms with Gasteiger partial charge in [-0.3, -0.25) is 0 Å². The lowest BCUT2D eigenvalue weighted by molar-refractivity contribution is 0.200. The van der Waals surface area contributed by atoms with Gasteiger partial charge in [-0.1, -0.05) is 30.7 Å². The number of aryl methyl sites for hydroxylation is 2. The average molecular weight is 356 g/mol. The minimum Gasteiger partial charge on any atom is -0.491 e. The van der Waals surface area contributed by atoms with Crippen molar-refractivity contribution in [1.82, 2.24) is 0 Å². The van der Waals surface area contributed by atoms with E-state index >= 15 is 0 Å². The normalized spacial score (nSPS) is 15.4. The Labute approximate surface area is 155 Å². The molecule has 1 aliphatic rings. The second kappa shape index (κ2) is 8.11. The quantitative estimate of drug-likeness (QED) is 0.760.